The summed E-state index contributed by atoms with van der Waals surface area (Å²) in [6.07, 6.45) is 0. The SMILES string of the molecule is COc1cccc2c(=O)oc(COc3ccc(Cl)cc3)nc12. The Balaban J connectivity index is 1.91. The number of methoxy groups -OCH3 is 1. The molecule has 0 fully saturated rings. The van der Waals surface area contributed by atoms with E-state index in [1.54, 1.807) is 42.5 Å². The Morgan fingerprint density at radius 3 is 2.68 bits per heavy atom. The van der Waals surface area contributed by atoms with Gasteiger partial charge in [0.15, 0.2) is 6.61 Å². The van der Waals surface area contributed by atoms with E-state index >= 15 is 0 Å². The smallest absolute Gasteiger partial charge is 0.347 e. The monoisotopic (exact) mass is 317 g/mol. The number of halogens is 1. The van der Waals surface area contributed by atoms with E-state index in [4.69, 9.17) is 25.5 Å². The fourth-order valence-electron chi connectivity index (χ4n) is 2.01. The molecule has 3 aromatic rings. The Morgan fingerprint density at radius 2 is 1.95 bits per heavy atom. The fraction of sp³-hybridized carbons (Fsp3) is 0.125. The van der Waals surface area contributed by atoms with E-state index in [1.165, 1.54) is 7.11 Å². The molecule has 2 aromatic carbocycles. The number of para-hydroxylation sites is 1. The predicted octanol–water partition coefficient (Wildman–Crippen LogP) is 3.43. The van der Waals surface area contributed by atoms with Crippen LogP contribution in [-0.2, 0) is 6.61 Å². The standard InChI is InChI=1S/C16H12ClNO4/c1-20-13-4-2-3-12-15(13)18-14(22-16(12)19)9-21-11-7-5-10(17)6-8-11/h2-8H,9H2,1H3. The van der Waals surface area contributed by atoms with Crippen molar-refractivity contribution in [2.75, 3.05) is 7.11 Å². The molecule has 0 spiro atoms. The summed E-state index contributed by atoms with van der Waals surface area (Å²) < 4.78 is 15.9. The van der Waals surface area contributed by atoms with E-state index < -0.39 is 5.63 Å². The first-order valence-corrected chi connectivity index (χ1v) is 6.90. The number of benzene rings is 2. The molecule has 1 aromatic heterocycles. The number of rotatable bonds is 4. The van der Waals surface area contributed by atoms with Gasteiger partial charge < -0.3 is 13.9 Å². The van der Waals surface area contributed by atoms with Gasteiger partial charge in [-0.2, -0.15) is 0 Å². The molecule has 22 heavy (non-hydrogen) atoms. The molecule has 0 N–H and O–H groups in total. The van der Waals surface area contributed by atoms with Gasteiger partial charge in [-0.25, -0.2) is 9.78 Å². The predicted molar refractivity (Wildman–Crippen MR) is 82.6 cm³/mol. The lowest BCUT2D eigenvalue weighted by molar-refractivity contribution is 0.253. The van der Waals surface area contributed by atoms with Crippen molar-refractivity contribution in [2.24, 2.45) is 0 Å². The van der Waals surface area contributed by atoms with Crippen molar-refractivity contribution in [1.82, 2.24) is 4.98 Å². The van der Waals surface area contributed by atoms with E-state index in [2.05, 4.69) is 4.98 Å². The van der Waals surface area contributed by atoms with Crippen LogP contribution in [0.15, 0.2) is 51.7 Å². The molecule has 0 atom stereocenters. The van der Waals surface area contributed by atoms with E-state index in [0.717, 1.165) is 0 Å². The van der Waals surface area contributed by atoms with Gasteiger partial charge >= 0.3 is 5.63 Å². The largest absolute Gasteiger partial charge is 0.494 e. The summed E-state index contributed by atoms with van der Waals surface area (Å²) in [4.78, 5) is 16.3. The van der Waals surface area contributed by atoms with Crippen LogP contribution >= 0.6 is 11.6 Å². The minimum Gasteiger partial charge on any atom is -0.494 e. The summed E-state index contributed by atoms with van der Waals surface area (Å²) in [5, 5.41) is 0.988. The third-order valence-corrected chi connectivity index (χ3v) is 3.31. The van der Waals surface area contributed by atoms with Gasteiger partial charge in [0.2, 0.25) is 5.89 Å². The molecule has 0 bridgehead atoms. The molecule has 1 heterocycles. The summed E-state index contributed by atoms with van der Waals surface area (Å²) >= 11 is 5.81. The maximum atomic E-state index is 12.0. The molecule has 0 saturated heterocycles. The molecule has 3 rings (SSSR count). The lowest BCUT2D eigenvalue weighted by Crippen LogP contribution is -2.08. The molecule has 0 unspecified atom stereocenters. The third-order valence-electron chi connectivity index (χ3n) is 3.06. The van der Waals surface area contributed by atoms with Crippen molar-refractivity contribution < 1.29 is 13.9 Å². The van der Waals surface area contributed by atoms with Gasteiger partial charge in [0.1, 0.15) is 17.0 Å². The van der Waals surface area contributed by atoms with Gasteiger partial charge in [-0.15, -0.1) is 0 Å². The Labute approximate surface area is 131 Å². The van der Waals surface area contributed by atoms with Crippen LogP contribution in [0, 0.1) is 0 Å². The molecular formula is C16H12ClNO4. The number of hydrogen-bond acceptors (Lipinski definition) is 5. The van der Waals surface area contributed by atoms with Crippen molar-refractivity contribution >= 4 is 22.5 Å². The van der Waals surface area contributed by atoms with E-state index in [-0.39, 0.29) is 12.5 Å². The molecular weight excluding hydrogens is 306 g/mol. The highest BCUT2D eigenvalue weighted by Gasteiger charge is 2.11. The summed E-state index contributed by atoms with van der Waals surface area (Å²) in [6.45, 7) is 0.0326. The average Bonchev–Trinajstić information content (AvgIpc) is 2.54. The topological polar surface area (TPSA) is 61.6 Å². The maximum absolute atomic E-state index is 12.0. The van der Waals surface area contributed by atoms with Crippen molar-refractivity contribution in [3.8, 4) is 11.5 Å². The average molecular weight is 318 g/mol. The molecule has 0 aliphatic rings. The Bertz CT molecular complexity index is 858. The maximum Gasteiger partial charge on any atom is 0.347 e. The second-order valence-electron chi connectivity index (χ2n) is 4.49. The minimum atomic E-state index is -0.474. The van der Waals surface area contributed by atoms with Gasteiger partial charge in [-0.3, -0.25) is 0 Å². The highest BCUT2D eigenvalue weighted by molar-refractivity contribution is 6.30. The van der Waals surface area contributed by atoms with Gasteiger partial charge in [0.25, 0.3) is 0 Å². The molecule has 5 nitrogen and oxygen atoms in total. The highest BCUT2D eigenvalue weighted by Crippen LogP contribution is 2.22. The minimum absolute atomic E-state index is 0.0326. The van der Waals surface area contributed by atoms with Gasteiger partial charge in [-0.05, 0) is 36.4 Å². The highest BCUT2D eigenvalue weighted by atomic mass is 35.5. The van der Waals surface area contributed by atoms with Crippen molar-refractivity contribution in [3.63, 3.8) is 0 Å². The lowest BCUT2D eigenvalue weighted by Gasteiger charge is -2.07. The van der Waals surface area contributed by atoms with E-state index in [0.29, 0.717) is 27.4 Å². The van der Waals surface area contributed by atoms with Crippen LogP contribution in [0.25, 0.3) is 10.9 Å². The molecule has 0 radical (unpaired) electrons. The number of aromatic nitrogens is 1. The molecule has 112 valence electrons. The van der Waals surface area contributed by atoms with Crippen LogP contribution in [0.4, 0.5) is 0 Å². The molecule has 0 aliphatic carbocycles. The molecule has 0 saturated carbocycles. The van der Waals surface area contributed by atoms with E-state index in [1.807, 2.05) is 0 Å². The summed E-state index contributed by atoms with van der Waals surface area (Å²) in [7, 11) is 1.52. The fourth-order valence-corrected chi connectivity index (χ4v) is 2.14. The molecule has 6 heteroatoms. The second-order valence-corrected chi connectivity index (χ2v) is 4.93. The van der Waals surface area contributed by atoms with Gasteiger partial charge in [0.05, 0.1) is 12.5 Å². The van der Waals surface area contributed by atoms with Crippen LogP contribution in [-0.4, -0.2) is 12.1 Å². The number of hydrogen-bond donors (Lipinski definition) is 0. The zero-order valence-corrected chi connectivity index (χ0v) is 12.5. The van der Waals surface area contributed by atoms with Crippen molar-refractivity contribution in [1.29, 1.82) is 0 Å². The Morgan fingerprint density at radius 1 is 1.18 bits per heavy atom. The van der Waals surface area contributed by atoms with Crippen LogP contribution in [0.1, 0.15) is 5.89 Å². The van der Waals surface area contributed by atoms with Gasteiger partial charge in [0, 0.05) is 5.02 Å². The Kier molecular flexibility index (Phi) is 3.98. The van der Waals surface area contributed by atoms with Gasteiger partial charge in [-0.1, -0.05) is 17.7 Å². The lowest BCUT2D eigenvalue weighted by atomic mass is 10.2. The summed E-state index contributed by atoms with van der Waals surface area (Å²) in [5.41, 5.74) is -0.0189. The third kappa shape index (κ3) is 2.89. The van der Waals surface area contributed by atoms with Crippen LogP contribution < -0.4 is 15.1 Å². The molecule has 0 aliphatic heterocycles. The second kappa shape index (κ2) is 6.07. The number of fused-ring (bicyclic) bond motifs is 1. The summed E-state index contributed by atoms with van der Waals surface area (Å²) in [5.74, 6) is 1.30. The van der Waals surface area contributed by atoms with Crippen molar-refractivity contribution in [2.45, 2.75) is 6.61 Å². The quantitative estimate of drug-likeness (QED) is 0.737. The van der Waals surface area contributed by atoms with Crippen LogP contribution in [0.3, 0.4) is 0 Å². The first-order valence-electron chi connectivity index (χ1n) is 6.52. The van der Waals surface area contributed by atoms with Crippen LogP contribution in [0.2, 0.25) is 5.02 Å². The number of ether oxygens (including phenoxy) is 2. The first kappa shape index (κ1) is 14.4. The zero-order valence-electron chi connectivity index (χ0n) is 11.7. The molecule has 0 amide bonds. The van der Waals surface area contributed by atoms with Crippen LogP contribution in [0.5, 0.6) is 11.5 Å². The normalized spacial score (nSPS) is 10.6. The van der Waals surface area contributed by atoms with Crippen molar-refractivity contribution in [3.05, 3.63) is 63.8 Å². The number of nitrogens with zero attached hydrogens (tertiary/aromatic N) is 1. The summed E-state index contributed by atoms with van der Waals surface area (Å²) in [6, 6.07) is 12.0. The zero-order chi connectivity index (χ0) is 15.5. The Hall–Kier alpha value is -2.53. The first-order chi connectivity index (χ1) is 10.7. The van der Waals surface area contributed by atoms with E-state index in [9.17, 15) is 4.79 Å².